The molecule has 0 saturated carbocycles. The second-order valence-electron chi connectivity index (χ2n) is 4.12. The van der Waals surface area contributed by atoms with E-state index in [-0.39, 0.29) is 0 Å². The van der Waals surface area contributed by atoms with Gasteiger partial charge in [-0.2, -0.15) is 0 Å². The molecule has 15 heavy (non-hydrogen) atoms. The molecule has 0 spiro atoms. The molecule has 88 valence electrons. The van der Waals surface area contributed by atoms with E-state index in [1.165, 1.54) is 25.7 Å². The molecule has 0 radical (unpaired) electrons. The van der Waals surface area contributed by atoms with Gasteiger partial charge in [0.1, 0.15) is 0 Å². The highest BCUT2D eigenvalue weighted by molar-refractivity contribution is 5.03. The van der Waals surface area contributed by atoms with Crippen molar-refractivity contribution in [2.75, 3.05) is 6.54 Å². The summed E-state index contributed by atoms with van der Waals surface area (Å²) < 4.78 is 0. The van der Waals surface area contributed by atoms with Crippen molar-refractivity contribution < 1.29 is 5.11 Å². The Balaban J connectivity index is 3.60. The molecule has 0 aliphatic carbocycles. The molecular weight excluding hydrogens is 186 g/mol. The van der Waals surface area contributed by atoms with Gasteiger partial charge in [0.25, 0.3) is 0 Å². The first-order valence-corrected chi connectivity index (χ1v) is 6.06. The van der Waals surface area contributed by atoms with Crippen molar-refractivity contribution >= 4 is 0 Å². The number of hydrogen-bond acceptors (Lipinski definition) is 2. The van der Waals surface area contributed by atoms with Crippen LogP contribution in [0.15, 0.2) is 0 Å². The summed E-state index contributed by atoms with van der Waals surface area (Å²) in [5.41, 5.74) is 4.71. The van der Waals surface area contributed by atoms with Gasteiger partial charge in [-0.25, -0.2) is 0 Å². The van der Waals surface area contributed by atoms with E-state index in [0.29, 0.717) is 19.4 Å². The van der Waals surface area contributed by atoms with Crippen LogP contribution in [0.3, 0.4) is 0 Å². The topological polar surface area (TPSA) is 46.2 Å². The van der Waals surface area contributed by atoms with Crippen molar-refractivity contribution in [2.45, 2.75) is 64.4 Å². The molecular formula is C13H25NO. The van der Waals surface area contributed by atoms with Crippen molar-refractivity contribution in [3.63, 3.8) is 0 Å². The van der Waals surface area contributed by atoms with E-state index in [4.69, 9.17) is 5.73 Å². The summed E-state index contributed by atoms with van der Waals surface area (Å²) in [4.78, 5) is 0. The smallest absolute Gasteiger partial charge is 0.0875 e. The van der Waals surface area contributed by atoms with Crippen LogP contribution in [0, 0.1) is 11.8 Å². The third-order valence-corrected chi connectivity index (χ3v) is 2.74. The molecule has 3 N–H and O–H groups in total. The highest BCUT2D eigenvalue weighted by Gasteiger charge is 2.20. The number of aliphatic hydroxyl groups is 1. The standard InChI is InChI=1S/C13H25NO/c1-3-5-6-7-8-9-10-11-13(15,4-2)12-14/h15H,3-8,11-12,14H2,1-2H3. The fraction of sp³-hybridized carbons (Fsp3) is 0.846. The van der Waals surface area contributed by atoms with Crippen LogP contribution in [-0.2, 0) is 0 Å². The Morgan fingerprint density at radius 2 is 1.87 bits per heavy atom. The zero-order valence-electron chi connectivity index (χ0n) is 10.2. The summed E-state index contributed by atoms with van der Waals surface area (Å²) in [6.07, 6.45) is 7.12. The fourth-order valence-electron chi connectivity index (χ4n) is 1.30. The van der Waals surface area contributed by atoms with Gasteiger partial charge in [0.2, 0.25) is 0 Å². The van der Waals surface area contributed by atoms with Gasteiger partial charge in [-0.1, -0.05) is 33.1 Å². The van der Waals surface area contributed by atoms with Gasteiger partial charge in [-0.3, -0.25) is 0 Å². The van der Waals surface area contributed by atoms with E-state index in [2.05, 4.69) is 18.8 Å². The van der Waals surface area contributed by atoms with Gasteiger partial charge in [0.05, 0.1) is 5.60 Å². The first-order chi connectivity index (χ1) is 7.18. The summed E-state index contributed by atoms with van der Waals surface area (Å²) in [6.45, 7) is 4.44. The molecule has 0 rings (SSSR count). The molecule has 0 aromatic carbocycles. The van der Waals surface area contributed by atoms with Gasteiger partial charge < -0.3 is 10.8 Å². The summed E-state index contributed by atoms with van der Waals surface area (Å²) in [7, 11) is 0. The first kappa shape index (κ1) is 14.5. The van der Waals surface area contributed by atoms with Crippen LogP contribution in [-0.4, -0.2) is 17.3 Å². The maximum Gasteiger partial charge on any atom is 0.0875 e. The third-order valence-electron chi connectivity index (χ3n) is 2.74. The summed E-state index contributed by atoms with van der Waals surface area (Å²) in [5, 5.41) is 9.84. The second kappa shape index (κ2) is 8.76. The van der Waals surface area contributed by atoms with Crippen LogP contribution in [0.25, 0.3) is 0 Å². The predicted molar refractivity (Wildman–Crippen MR) is 65.4 cm³/mol. The molecule has 0 fully saturated rings. The van der Waals surface area contributed by atoms with Crippen molar-refractivity contribution in [2.24, 2.45) is 5.73 Å². The van der Waals surface area contributed by atoms with Crippen LogP contribution in [0.1, 0.15) is 58.8 Å². The van der Waals surface area contributed by atoms with E-state index in [0.717, 1.165) is 6.42 Å². The Bertz CT molecular complexity index is 198. The molecule has 1 unspecified atom stereocenters. The van der Waals surface area contributed by atoms with Crippen LogP contribution >= 0.6 is 0 Å². The Kier molecular flexibility index (Phi) is 8.46. The molecule has 2 heteroatoms. The Morgan fingerprint density at radius 3 is 2.40 bits per heavy atom. The molecule has 0 aromatic rings. The van der Waals surface area contributed by atoms with Crippen LogP contribution in [0.2, 0.25) is 0 Å². The maximum absolute atomic E-state index is 9.84. The molecule has 0 amide bonds. The van der Waals surface area contributed by atoms with Gasteiger partial charge in [0.15, 0.2) is 0 Å². The third kappa shape index (κ3) is 7.41. The minimum absolute atomic E-state index is 0.300. The van der Waals surface area contributed by atoms with Gasteiger partial charge in [-0.05, 0) is 12.8 Å². The van der Waals surface area contributed by atoms with Gasteiger partial charge in [0, 0.05) is 19.4 Å². The average Bonchev–Trinajstić information content (AvgIpc) is 2.27. The Hall–Kier alpha value is -0.520. The van der Waals surface area contributed by atoms with E-state index in [1.807, 2.05) is 6.92 Å². The zero-order valence-corrected chi connectivity index (χ0v) is 10.2. The minimum Gasteiger partial charge on any atom is -0.388 e. The monoisotopic (exact) mass is 211 g/mol. The summed E-state index contributed by atoms with van der Waals surface area (Å²) >= 11 is 0. The van der Waals surface area contributed by atoms with E-state index in [9.17, 15) is 5.11 Å². The average molecular weight is 211 g/mol. The quantitative estimate of drug-likeness (QED) is 0.502. The van der Waals surface area contributed by atoms with Gasteiger partial charge >= 0.3 is 0 Å². The van der Waals surface area contributed by atoms with Crippen LogP contribution in [0.5, 0.6) is 0 Å². The van der Waals surface area contributed by atoms with E-state index in [1.54, 1.807) is 0 Å². The second-order valence-corrected chi connectivity index (χ2v) is 4.12. The Morgan fingerprint density at radius 1 is 1.13 bits per heavy atom. The molecule has 0 aromatic heterocycles. The van der Waals surface area contributed by atoms with Crippen molar-refractivity contribution in [3.05, 3.63) is 0 Å². The molecule has 0 aliphatic rings. The van der Waals surface area contributed by atoms with Gasteiger partial charge in [-0.15, -0.1) is 11.8 Å². The van der Waals surface area contributed by atoms with Crippen molar-refractivity contribution in [3.8, 4) is 11.8 Å². The normalized spacial score (nSPS) is 14.1. The lowest BCUT2D eigenvalue weighted by Gasteiger charge is -2.21. The largest absolute Gasteiger partial charge is 0.388 e. The summed E-state index contributed by atoms with van der Waals surface area (Å²) in [6, 6.07) is 0. The van der Waals surface area contributed by atoms with Crippen LogP contribution in [0.4, 0.5) is 0 Å². The highest BCUT2D eigenvalue weighted by Crippen LogP contribution is 2.11. The number of rotatable bonds is 7. The van der Waals surface area contributed by atoms with Crippen LogP contribution < -0.4 is 5.73 Å². The van der Waals surface area contributed by atoms with Crippen molar-refractivity contribution in [1.29, 1.82) is 0 Å². The minimum atomic E-state index is -0.767. The number of nitrogens with two attached hydrogens (primary N) is 1. The van der Waals surface area contributed by atoms with Crippen molar-refractivity contribution in [1.82, 2.24) is 0 Å². The predicted octanol–water partition coefficient (Wildman–Crippen LogP) is 2.45. The van der Waals surface area contributed by atoms with E-state index >= 15 is 0 Å². The summed E-state index contributed by atoms with van der Waals surface area (Å²) in [5.74, 6) is 6.13. The van der Waals surface area contributed by atoms with E-state index < -0.39 is 5.60 Å². The molecule has 1 atom stereocenters. The zero-order chi connectivity index (χ0) is 11.6. The molecule has 0 aliphatic heterocycles. The SMILES string of the molecule is CCCCCCC#CCC(O)(CC)CN. The molecule has 0 heterocycles. The fourth-order valence-corrected chi connectivity index (χ4v) is 1.30. The maximum atomic E-state index is 9.84. The first-order valence-electron chi connectivity index (χ1n) is 6.06. The highest BCUT2D eigenvalue weighted by atomic mass is 16.3. The number of hydrogen-bond donors (Lipinski definition) is 2. The lowest BCUT2D eigenvalue weighted by molar-refractivity contribution is 0.0505. The lowest BCUT2D eigenvalue weighted by atomic mass is 9.97. The lowest BCUT2D eigenvalue weighted by Crippen LogP contribution is -2.36. The molecule has 2 nitrogen and oxygen atoms in total. The molecule has 0 saturated heterocycles. The molecule has 0 bridgehead atoms. The number of unbranched alkanes of at least 4 members (excludes halogenated alkanes) is 4. The Labute approximate surface area is 94.3 Å².